The van der Waals surface area contributed by atoms with E-state index in [4.69, 9.17) is 4.74 Å². The Morgan fingerprint density at radius 1 is 1.57 bits per heavy atom. The fourth-order valence-corrected chi connectivity index (χ4v) is 1.29. The van der Waals surface area contributed by atoms with E-state index in [1.165, 1.54) is 0 Å². The first-order valence-electron chi connectivity index (χ1n) is 4.96. The molecule has 0 unspecified atom stereocenters. The predicted molar refractivity (Wildman–Crippen MR) is 56.8 cm³/mol. The van der Waals surface area contributed by atoms with Gasteiger partial charge in [-0.2, -0.15) is 0 Å². The molecular weight excluding hydrogens is 176 g/mol. The van der Waals surface area contributed by atoms with Crippen molar-refractivity contribution in [2.75, 3.05) is 6.61 Å². The second-order valence-electron chi connectivity index (χ2n) is 3.23. The Kier molecular flexibility index (Phi) is 4.17. The second-order valence-corrected chi connectivity index (χ2v) is 3.23. The van der Waals surface area contributed by atoms with E-state index in [9.17, 15) is 4.79 Å². The third kappa shape index (κ3) is 3.21. The van der Waals surface area contributed by atoms with E-state index in [0.29, 0.717) is 12.2 Å². The summed E-state index contributed by atoms with van der Waals surface area (Å²) in [6.45, 7) is 4.02. The summed E-state index contributed by atoms with van der Waals surface area (Å²) in [4.78, 5) is 11.3. The number of carbonyl (C=O) groups is 1. The van der Waals surface area contributed by atoms with Crippen LogP contribution in [0.25, 0.3) is 0 Å². The lowest BCUT2D eigenvalue weighted by Gasteiger charge is -2.04. The molecule has 1 aliphatic rings. The van der Waals surface area contributed by atoms with Gasteiger partial charge in [-0.15, -0.1) is 0 Å². The average Bonchev–Trinajstić information content (AvgIpc) is 2.19. The highest BCUT2D eigenvalue weighted by atomic mass is 16.5. The molecule has 0 heterocycles. The van der Waals surface area contributed by atoms with Crippen molar-refractivity contribution in [3.63, 3.8) is 0 Å². The largest absolute Gasteiger partial charge is 0.463 e. The molecule has 0 saturated carbocycles. The minimum Gasteiger partial charge on any atom is -0.463 e. The Morgan fingerprint density at radius 3 is 2.93 bits per heavy atom. The number of hydrogen-bond acceptors (Lipinski definition) is 2. The molecule has 0 aromatic rings. The smallest absolute Gasteiger partial charge is 0.333 e. The van der Waals surface area contributed by atoms with Crippen molar-refractivity contribution in [3.8, 4) is 0 Å². The number of ether oxygens (including phenoxy) is 1. The van der Waals surface area contributed by atoms with E-state index in [1.54, 1.807) is 6.92 Å². The molecule has 0 bridgehead atoms. The van der Waals surface area contributed by atoms with Crippen molar-refractivity contribution < 1.29 is 9.53 Å². The average molecular weight is 192 g/mol. The SMILES string of the molecule is CCOC(=O)/C(C)=C/C1=CCCC=C1. The van der Waals surface area contributed by atoms with E-state index >= 15 is 0 Å². The van der Waals surface area contributed by atoms with Gasteiger partial charge in [0.05, 0.1) is 6.61 Å². The first kappa shape index (κ1) is 10.8. The van der Waals surface area contributed by atoms with Gasteiger partial charge in [0, 0.05) is 5.57 Å². The van der Waals surface area contributed by atoms with Crippen LogP contribution in [0.1, 0.15) is 26.7 Å². The lowest BCUT2D eigenvalue weighted by molar-refractivity contribution is -0.138. The van der Waals surface area contributed by atoms with Crippen LogP contribution in [0.4, 0.5) is 0 Å². The maximum atomic E-state index is 11.3. The van der Waals surface area contributed by atoms with E-state index in [-0.39, 0.29) is 5.97 Å². The van der Waals surface area contributed by atoms with Gasteiger partial charge in [-0.25, -0.2) is 4.79 Å². The second kappa shape index (κ2) is 5.43. The van der Waals surface area contributed by atoms with E-state index in [2.05, 4.69) is 12.2 Å². The summed E-state index contributed by atoms with van der Waals surface area (Å²) in [5.41, 5.74) is 1.76. The highest BCUT2D eigenvalue weighted by Gasteiger charge is 2.04. The molecule has 1 aliphatic carbocycles. The van der Waals surface area contributed by atoms with Crippen molar-refractivity contribution >= 4 is 5.97 Å². The minimum atomic E-state index is -0.229. The molecule has 0 saturated heterocycles. The Hall–Kier alpha value is -1.31. The van der Waals surface area contributed by atoms with Crippen LogP contribution in [-0.4, -0.2) is 12.6 Å². The topological polar surface area (TPSA) is 26.3 Å². The van der Waals surface area contributed by atoms with Gasteiger partial charge in [0.15, 0.2) is 0 Å². The molecule has 76 valence electrons. The molecular formula is C12H16O2. The maximum absolute atomic E-state index is 11.3. The first-order chi connectivity index (χ1) is 6.74. The van der Waals surface area contributed by atoms with Crippen LogP contribution in [0, 0.1) is 0 Å². The molecule has 0 radical (unpaired) electrons. The number of carbonyl (C=O) groups excluding carboxylic acids is 1. The van der Waals surface area contributed by atoms with Crippen molar-refractivity contribution in [1.82, 2.24) is 0 Å². The van der Waals surface area contributed by atoms with Gasteiger partial charge >= 0.3 is 5.97 Å². The zero-order valence-corrected chi connectivity index (χ0v) is 8.75. The number of esters is 1. The summed E-state index contributed by atoms with van der Waals surface area (Å²) >= 11 is 0. The fraction of sp³-hybridized carbons (Fsp3) is 0.417. The predicted octanol–water partition coefficient (Wildman–Crippen LogP) is 2.77. The van der Waals surface area contributed by atoms with Crippen molar-refractivity contribution in [1.29, 1.82) is 0 Å². The molecule has 0 aromatic carbocycles. The summed E-state index contributed by atoms with van der Waals surface area (Å²) in [7, 11) is 0. The van der Waals surface area contributed by atoms with Crippen molar-refractivity contribution in [3.05, 3.63) is 35.5 Å². The zero-order valence-electron chi connectivity index (χ0n) is 8.75. The number of allylic oxidation sites excluding steroid dienone is 5. The first-order valence-corrected chi connectivity index (χ1v) is 4.96. The summed E-state index contributed by atoms with van der Waals surface area (Å²) in [5, 5.41) is 0. The van der Waals surface area contributed by atoms with Gasteiger partial charge in [-0.1, -0.05) is 18.2 Å². The quantitative estimate of drug-likeness (QED) is 0.507. The lowest BCUT2D eigenvalue weighted by atomic mass is 10.1. The summed E-state index contributed by atoms with van der Waals surface area (Å²) in [6, 6.07) is 0. The molecule has 0 spiro atoms. The standard InChI is InChI=1S/C12H16O2/c1-3-14-12(13)10(2)9-11-7-5-4-6-8-11/h5,7-9H,3-4,6H2,1-2H3/b10-9+. The Morgan fingerprint density at radius 2 is 2.36 bits per heavy atom. The Labute approximate surface area is 85.0 Å². The van der Waals surface area contributed by atoms with Gasteiger partial charge in [-0.3, -0.25) is 0 Å². The minimum absolute atomic E-state index is 0.229. The van der Waals surface area contributed by atoms with Gasteiger partial charge in [0.25, 0.3) is 0 Å². The molecule has 0 aromatic heterocycles. The van der Waals surface area contributed by atoms with Crippen molar-refractivity contribution in [2.24, 2.45) is 0 Å². The normalized spacial score (nSPS) is 16.4. The lowest BCUT2D eigenvalue weighted by Crippen LogP contribution is -2.05. The van der Waals surface area contributed by atoms with Crippen LogP contribution >= 0.6 is 0 Å². The molecule has 0 fully saturated rings. The maximum Gasteiger partial charge on any atom is 0.333 e. The molecule has 0 aliphatic heterocycles. The van der Waals surface area contributed by atoms with Gasteiger partial charge in [0.2, 0.25) is 0 Å². The third-order valence-electron chi connectivity index (χ3n) is 2.00. The van der Waals surface area contributed by atoms with Crippen LogP contribution < -0.4 is 0 Å². The fourth-order valence-electron chi connectivity index (χ4n) is 1.29. The molecule has 0 N–H and O–H groups in total. The third-order valence-corrected chi connectivity index (χ3v) is 2.00. The molecule has 14 heavy (non-hydrogen) atoms. The molecule has 0 atom stereocenters. The van der Waals surface area contributed by atoms with Crippen LogP contribution in [0.2, 0.25) is 0 Å². The van der Waals surface area contributed by atoms with E-state index in [0.717, 1.165) is 18.4 Å². The van der Waals surface area contributed by atoms with E-state index < -0.39 is 0 Å². The van der Waals surface area contributed by atoms with E-state index in [1.807, 2.05) is 19.1 Å². The monoisotopic (exact) mass is 192 g/mol. The van der Waals surface area contributed by atoms with Gasteiger partial charge in [0.1, 0.15) is 0 Å². The molecule has 1 rings (SSSR count). The summed E-state index contributed by atoms with van der Waals surface area (Å²) in [6.07, 6.45) is 10.3. The Bertz CT molecular complexity index is 295. The van der Waals surface area contributed by atoms with Crippen LogP contribution in [-0.2, 0) is 9.53 Å². The van der Waals surface area contributed by atoms with Crippen LogP contribution in [0.15, 0.2) is 35.5 Å². The summed E-state index contributed by atoms with van der Waals surface area (Å²) < 4.78 is 4.89. The van der Waals surface area contributed by atoms with Gasteiger partial charge < -0.3 is 4.74 Å². The Balaban J connectivity index is 2.62. The highest BCUT2D eigenvalue weighted by molar-refractivity contribution is 5.88. The van der Waals surface area contributed by atoms with Crippen LogP contribution in [0.3, 0.4) is 0 Å². The van der Waals surface area contributed by atoms with Crippen LogP contribution in [0.5, 0.6) is 0 Å². The van der Waals surface area contributed by atoms with Crippen molar-refractivity contribution in [2.45, 2.75) is 26.7 Å². The summed E-state index contributed by atoms with van der Waals surface area (Å²) in [5.74, 6) is -0.229. The number of hydrogen-bond donors (Lipinski definition) is 0. The molecule has 2 nitrogen and oxygen atoms in total. The molecule has 2 heteroatoms. The van der Waals surface area contributed by atoms with Gasteiger partial charge in [-0.05, 0) is 38.3 Å². The molecule has 0 amide bonds. The zero-order chi connectivity index (χ0) is 10.4. The number of rotatable bonds is 3. The highest BCUT2D eigenvalue weighted by Crippen LogP contribution is 2.13.